The number of H-pyrrole nitrogens is 1. The molecule has 0 amide bonds. The number of imidazole rings is 1. The Balaban J connectivity index is 2.27. The van der Waals surface area contributed by atoms with E-state index in [9.17, 15) is 5.11 Å². The Bertz CT molecular complexity index is 468. The lowest BCUT2D eigenvalue weighted by Crippen LogP contribution is -1.99. The van der Waals surface area contributed by atoms with Gasteiger partial charge in [-0.1, -0.05) is 12.1 Å². The molecule has 0 aliphatic rings. The second-order valence-electron chi connectivity index (χ2n) is 3.14. The summed E-state index contributed by atoms with van der Waals surface area (Å²) in [4.78, 5) is 6.67. The molecule has 2 N–H and O–H groups in total. The van der Waals surface area contributed by atoms with Gasteiger partial charge in [0.15, 0.2) is 0 Å². The van der Waals surface area contributed by atoms with E-state index >= 15 is 0 Å². The average Bonchev–Trinajstić information content (AvgIpc) is 2.82. The van der Waals surface area contributed by atoms with Crippen molar-refractivity contribution in [3.63, 3.8) is 0 Å². The van der Waals surface area contributed by atoms with Gasteiger partial charge in [0.25, 0.3) is 0 Å². The standard InChI is InChI=1S/C11H9N3O/c12-5-8-1-3-9(4-2-8)11(15)10-6-13-7-14-10/h1-4,6-7,11,15H,(H,13,14). The molecule has 0 radical (unpaired) electrons. The van der Waals surface area contributed by atoms with Crippen molar-refractivity contribution in [2.45, 2.75) is 6.10 Å². The highest BCUT2D eigenvalue weighted by Crippen LogP contribution is 2.19. The summed E-state index contributed by atoms with van der Waals surface area (Å²) in [7, 11) is 0. The zero-order valence-corrected chi connectivity index (χ0v) is 7.88. The van der Waals surface area contributed by atoms with Crippen molar-refractivity contribution >= 4 is 0 Å². The van der Waals surface area contributed by atoms with Crippen LogP contribution in [0.5, 0.6) is 0 Å². The van der Waals surface area contributed by atoms with Crippen LogP contribution >= 0.6 is 0 Å². The summed E-state index contributed by atoms with van der Waals surface area (Å²) >= 11 is 0. The Morgan fingerprint density at radius 3 is 2.60 bits per heavy atom. The topological polar surface area (TPSA) is 72.7 Å². The predicted molar refractivity (Wildman–Crippen MR) is 53.8 cm³/mol. The smallest absolute Gasteiger partial charge is 0.120 e. The lowest BCUT2D eigenvalue weighted by Gasteiger charge is -2.08. The Morgan fingerprint density at radius 1 is 1.33 bits per heavy atom. The van der Waals surface area contributed by atoms with Crippen LogP contribution in [0.3, 0.4) is 0 Å². The minimum Gasteiger partial charge on any atom is -0.382 e. The number of hydrogen-bond donors (Lipinski definition) is 2. The summed E-state index contributed by atoms with van der Waals surface area (Å²) in [5, 5.41) is 18.5. The highest BCUT2D eigenvalue weighted by Gasteiger charge is 2.10. The zero-order valence-electron chi connectivity index (χ0n) is 7.88. The molecular formula is C11H9N3O. The number of nitrogens with zero attached hydrogens (tertiary/aromatic N) is 2. The van der Waals surface area contributed by atoms with E-state index in [4.69, 9.17) is 5.26 Å². The van der Waals surface area contributed by atoms with Gasteiger partial charge in [-0.3, -0.25) is 0 Å². The number of benzene rings is 1. The van der Waals surface area contributed by atoms with Crippen LogP contribution in [0.4, 0.5) is 0 Å². The van der Waals surface area contributed by atoms with Crippen molar-refractivity contribution in [2.75, 3.05) is 0 Å². The van der Waals surface area contributed by atoms with Crippen molar-refractivity contribution < 1.29 is 5.11 Å². The normalized spacial score (nSPS) is 12.0. The molecule has 0 spiro atoms. The first kappa shape index (κ1) is 9.44. The minimum absolute atomic E-state index is 0.579. The molecule has 0 saturated heterocycles. The van der Waals surface area contributed by atoms with Gasteiger partial charge in [-0.15, -0.1) is 0 Å². The highest BCUT2D eigenvalue weighted by molar-refractivity contribution is 5.34. The largest absolute Gasteiger partial charge is 0.382 e. The monoisotopic (exact) mass is 199 g/mol. The van der Waals surface area contributed by atoms with Crippen LogP contribution in [0.2, 0.25) is 0 Å². The van der Waals surface area contributed by atoms with Crippen molar-refractivity contribution in [2.24, 2.45) is 0 Å². The first-order valence-electron chi connectivity index (χ1n) is 4.47. The number of nitrogens with one attached hydrogen (secondary N) is 1. The lowest BCUT2D eigenvalue weighted by atomic mass is 10.1. The number of aliphatic hydroxyl groups excluding tert-OH is 1. The van der Waals surface area contributed by atoms with Crippen LogP contribution in [0, 0.1) is 11.3 Å². The lowest BCUT2D eigenvalue weighted by molar-refractivity contribution is 0.216. The molecule has 74 valence electrons. The SMILES string of the molecule is N#Cc1ccc(C(O)c2cnc[nH]2)cc1. The first-order valence-corrected chi connectivity index (χ1v) is 4.47. The Labute approximate surface area is 86.8 Å². The molecule has 0 aliphatic heterocycles. The quantitative estimate of drug-likeness (QED) is 0.767. The van der Waals surface area contributed by atoms with Gasteiger partial charge in [0.2, 0.25) is 0 Å². The third-order valence-electron chi connectivity index (χ3n) is 2.17. The summed E-state index contributed by atoms with van der Waals surface area (Å²) in [6, 6.07) is 8.83. The molecule has 1 heterocycles. The van der Waals surface area contributed by atoms with Crippen LogP contribution in [-0.2, 0) is 0 Å². The van der Waals surface area contributed by atoms with Crippen LogP contribution in [0.1, 0.15) is 22.9 Å². The number of rotatable bonds is 2. The van der Waals surface area contributed by atoms with Crippen molar-refractivity contribution in [3.05, 3.63) is 53.6 Å². The highest BCUT2D eigenvalue weighted by atomic mass is 16.3. The molecule has 0 aliphatic carbocycles. The maximum Gasteiger partial charge on any atom is 0.120 e. The molecular weight excluding hydrogens is 190 g/mol. The van der Waals surface area contributed by atoms with Gasteiger partial charge < -0.3 is 10.1 Å². The number of aromatic nitrogens is 2. The van der Waals surface area contributed by atoms with Crippen LogP contribution in [-0.4, -0.2) is 15.1 Å². The summed E-state index contributed by atoms with van der Waals surface area (Å²) in [6.07, 6.45) is 2.37. The van der Waals surface area contributed by atoms with Gasteiger partial charge in [0, 0.05) is 0 Å². The molecule has 0 fully saturated rings. The van der Waals surface area contributed by atoms with Gasteiger partial charge in [0.1, 0.15) is 6.10 Å². The van der Waals surface area contributed by atoms with E-state index in [0.29, 0.717) is 11.3 Å². The number of nitriles is 1. The fourth-order valence-electron chi connectivity index (χ4n) is 1.34. The second-order valence-corrected chi connectivity index (χ2v) is 3.14. The van der Waals surface area contributed by atoms with E-state index in [-0.39, 0.29) is 0 Å². The minimum atomic E-state index is -0.722. The van der Waals surface area contributed by atoms with Gasteiger partial charge in [-0.2, -0.15) is 5.26 Å². The number of aliphatic hydroxyl groups is 1. The first-order chi connectivity index (χ1) is 7.31. The molecule has 4 nitrogen and oxygen atoms in total. The van der Waals surface area contributed by atoms with E-state index in [2.05, 4.69) is 9.97 Å². The molecule has 1 aromatic carbocycles. The van der Waals surface area contributed by atoms with E-state index in [1.807, 2.05) is 6.07 Å². The summed E-state index contributed by atoms with van der Waals surface area (Å²) in [5.74, 6) is 0. The van der Waals surface area contributed by atoms with E-state index in [1.165, 1.54) is 6.33 Å². The van der Waals surface area contributed by atoms with Crippen molar-refractivity contribution in [1.29, 1.82) is 5.26 Å². The summed E-state index contributed by atoms with van der Waals surface area (Å²) in [5.41, 5.74) is 1.95. The zero-order chi connectivity index (χ0) is 10.7. The molecule has 1 aromatic heterocycles. The average molecular weight is 199 g/mol. The molecule has 2 rings (SSSR count). The fraction of sp³-hybridized carbons (Fsp3) is 0.0909. The molecule has 0 saturated carbocycles. The summed E-state index contributed by atoms with van der Waals surface area (Å²) in [6.45, 7) is 0. The van der Waals surface area contributed by atoms with Crippen LogP contribution in [0.25, 0.3) is 0 Å². The Hall–Kier alpha value is -2.12. The number of hydrogen-bond acceptors (Lipinski definition) is 3. The van der Waals surface area contributed by atoms with Gasteiger partial charge in [0.05, 0.1) is 29.9 Å². The van der Waals surface area contributed by atoms with E-state index in [1.54, 1.807) is 30.5 Å². The third kappa shape index (κ3) is 1.87. The molecule has 15 heavy (non-hydrogen) atoms. The van der Waals surface area contributed by atoms with E-state index < -0.39 is 6.10 Å². The molecule has 0 bridgehead atoms. The second kappa shape index (κ2) is 3.95. The Morgan fingerprint density at radius 2 is 2.07 bits per heavy atom. The number of aromatic amines is 1. The molecule has 1 unspecified atom stereocenters. The van der Waals surface area contributed by atoms with Gasteiger partial charge >= 0.3 is 0 Å². The molecule has 2 aromatic rings. The van der Waals surface area contributed by atoms with Crippen LogP contribution < -0.4 is 0 Å². The fourth-order valence-corrected chi connectivity index (χ4v) is 1.34. The third-order valence-corrected chi connectivity index (χ3v) is 2.17. The van der Waals surface area contributed by atoms with Crippen molar-refractivity contribution in [3.8, 4) is 6.07 Å². The maximum atomic E-state index is 9.89. The van der Waals surface area contributed by atoms with E-state index in [0.717, 1.165) is 5.56 Å². The predicted octanol–water partition coefficient (Wildman–Crippen LogP) is 1.36. The summed E-state index contributed by atoms with van der Waals surface area (Å²) < 4.78 is 0. The van der Waals surface area contributed by atoms with Crippen LogP contribution in [0.15, 0.2) is 36.8 Å². The molecule has 1 atom stereocenters. The Kier molecular flexibility index (Phi) is 2.48. The van der Waals surface area contributed by atoms with Gasteiger partial charge in [-0.05, 0) is 17.7 Å². The molecule has 4 heteroatoms. The van der Waals surface area contributed by atoms with Gasteiger partial charge in [-0.25, -0.2) is 4.98 Å². The maximum absolute atomic E-state index is 9.89. The van der Waals surface area contributed by atoms with Crippen molar-refractivity contribution in [1.82, 2.24) is 9.97 Å².